The Kier molecular flexibility index (Phi) is 4.11. The minimum Gasteiger partial charge on any atom is -0.378 e. The van der Waals surface area contributed by atoms with Crippen LogP contribution >= 0.6 is 11.3 Å². The summed E-state index contributed by atoms with van der Waals surface area (Å²) in [4.78, 5) is 26.1. The van der Waals surface area contributed by atoms with Crippen LogP contribution in [0.1, 0.15) is 59.3 Å². The van der Waals surface area contributed by atoms with Crippen molar-refractivity contribution in [3.63, 3.8) is 0 Å². The van der Waals surface area contributed by atoms with Gasteiger partial charge >= 0.3 is 0 Å². The van der Waals surface area contributed by atoms with Crippen molar-refractivity contribution in [1.82, 2.24) is 5.32 Å². The first-order chi connectivity index (χ1) is 11.2. The van der Waals surface area contributed by atoms with E-state index in [1.54, 1.807) is 11.3 Å². The molecule has 2 heterocycles. The zero-order valence-corrected chi connectivity index (χ0v) is 14.0. The van der Waals surface area contributed by atoms with Gasteiger partial charge in [0.2, 0.25) is 5.91 Å². The summed E-state index contributed by atoms with van der Waals surface area (Å²) in [5.74, 6) is -0.0587. The van der Waals surface area contributed by atoms with Gasteiger partial charge in [-0.1, -0.05) is 0 Å². The standard InChI is InChI=1S/C17H22N2O3S/c20-14(9-11-3-2-8-22-11)19-17-15(16(21)18-10-6-7-10)12-4-1-5-13(12)23-17/h10-11H,1-9H2,(H,18,21)(H,19,20)/t11-/m0/s1. The lowest BCUT2D eigenvalue weighted by Crippen LogP contribution is -2.27. The number of aryl methyl sites for hydroxylation is 1. The van der Waals surface area contributed by atoms with E-state index in [1.807, 2.05) is 0 Å². The van der Waals surface area contributed by atoms with Crippen LogP contribution < -0.4 is 10.6 Å². The van der Waals surface area contributed by atoms with Crippen molar-refractivity contribution in [3.8, 4) is 0 Å². The molecule has 3 aliphatic rings. The van der Waals surface area contributed by atoms with E-state index in [9.17, 15) is 9.59 Å². The lowest BCUT2D eigenvalue weighted by Gasteiger charge is -2.11. The third-order valence-corrected chi connectivity index (χ3v) is 5.96. The van der Waals surface area contributed by atoms with Crippen molar-refractivity contribution in [2.75, 3.05) is 11.9 Å². The van der Waals surface area contributed by atoms with E-state index < -0.39 is 0 Å². The summed E-state index contributed by atoms with van der Waals surface area (Å²) in [6.07, 6.45) is 7.60. The van der Waals surface area contributed by atoms with Gasteiger partial charge in [0, 0.05) is 17.5 Å². The molecule has 1 saturated heterocycles. The number of hydrogen-bond donors (Lipinski definition) is 2. The lowest BCUT2D eigenvalue weighted by molar-refractivity contribution is -0.118. The molecule has 2 N–H and O–H groups in total. The minimum atomic E-state index is -0.0442. The third kappa shape index (κ3) is 3.28. The molecule has 0 unspecified atom stereocenters. The highest BCUT2D eigenvalue weighted by molar-refractivity contribution is 7.17. The number of carbonyl (C=O) groups excluding carboxylic acids is 2. The largest absolute Gasteiger partial charge is 0.378 e. The van der Waals surface area contributed by atoms with Crippen molar-refractivity contribution in [1.29, 1.82) is 0 Å². The predicted molar refractivity (Wildman–Crippen MR) is 89.1 cm³/mol. The van der Waals surface area contributed by atoms with Crippen LogP contribution in [0.4, 0.5) is 5.00 Å². The first-order valence-corrected chi connectivity index (χ1v) is 9.39. The summed E-state index contributed by atoms with van der Waals surface area (Å²) in [6.45, 7) is 0.750. The number of nitrogens with one attached hydrogen (secondary N) is 2. The van der Waals surface area contributed by atoms with Crippen LogP contribution in [0.25, 0.3) is 0 Å². The van der Waals surface area contributed by atoms with Gasteiger partial charge in [-0.25, -0.2) is 0 Å². The van der Waals surface area contributed by atoms with E-state index in [0.717, 1.165) is 67.7 Å². The normalized spacial score (nSPS) is 22.9. The van der Waals surface area contributed by atoms with E-state index in [-0.39, 0.29) is 17.9 Å². The number of amides is 2. The second kappa shape index (κ2) is 6.24. The van der Waals surface area contributed by atoms with Crippen molar-refractivity contribution >= 4 is 28.2 Å². The van der Waals surface area contributed by atoms with E-state index in [4.69, 9.17) is 4.74 Å². The highest BCUT2D eigenvalue weighted by Crippen LogP contribution is 2.39. The zero-order chi connectivity index (χ0) is 15.8. The Hall–Kier alpha value is -1.40. The van der Waals surface area contributed by atoms with Crippen molar-refractivity contribution in [2.45, 2.75) is 63.5 Å². The second-order valence-electron chi connectivity index (χ2n) is 6.70. The third-order valence-electron chi connectivity index (χ3n) is 4.75. The highest BCUT2D eigenvalue weighted by Gasteiger charge is 2.31. The number of rotatable bonds is 5. The molecule has 2 aliphatic carbocycles. The molecule has 124 valence electrons. The SMILES string of the molecule is O=C(C[C@@H]1CCCO1)Nc1sc2c(c1C(=O)NC1CC1)CCC2. The zero-order valence-electron chi connectivity index (χ0n) is 13.2. The van der Waals surface area contributed by atoms with Crippen LogP contribution in [-0.4, -0.2) is 30.6 Å². The van der Waals surface area contributed by atoms with Crippen LogP contribution in [0, 0.1) is 0 Å². The number of carbonyl (C=O) groups is 2. The van der Waals surface area contributed by atoms with Gasteiger partial charge in [-0.15, -0.1) is 11.3 Å². The molecule has 1 atom stereocenters. The summed E-state index contributed by atoms with van der Waals surface area (Å²) in [6, 6.07) is 0.329. The van der Waals surface area contributed by atoms with Crippen LogP contribution in [0.5, 0.6) is 0 Å². The van der Waals surface area contributed by atoms with Gasteiger partial charge < -0.3 is 15.4 Å². The summed E-state index contributed by atoms with van der Waals surface area (Å²) in [7, 11) is 0. The van der Waals surface area contributed by atoms with Crippen LogP contribution in [0.15, 0.2) is 0 Å². The van der Waals surface area contributed by atoms with Gasteiger partial charge in [0.1, 0.15) is 5.00 Å². The second-order valence-corrected chi connectivity index (χ2v) is 7.80. The summed E-state index contributed by atoms with van der Waals surface area (Å²) < 4.78 is 5.52. The number of thiophene rings is 1. The summed E-state index contributed by atoms with van der Waals surface area (Å²) in [5, 5.41) is 6.78. The fraction of sp³-hybridized carbons (Fsp3) is 0.647. The molecular formula is C17H22N2O3S. The van der Waals surface area contributed by atoms with Crippen molar-refractivity contribution < 1.29 is 14.3 Å². The average Bonchev–Trinajstić information content (AvgIpc) is 2.89. The molecule has 23 heavy (non-hydrogen) atoms. The first kappa shape index (κ1) is 15.1. The Balaban J connectivity index is 1.50. The molecule has 0 bridgehead atoms. The number of fused-ring (bicyclic) bond motifs is 1. The van der Waals surface area contributed by atoms with Crippen molar-refractivity contribution in [3.05, 3.63) is 16.0 Å². The smallest absolute Gasteiger partial charge is 0.254 e. The maximum absolute atomic E-state index is 12.6. The molecule has 6 heteroatoms. The van der Waals surface area contributed by atoms with Crippen LogP contribution in [0.2, 0.25) is 0 Å². The highest BCUT2D eigenvalue weighted by atomic mass is 32.1. The van der Waals surface area contributed by atoms with Crippen LogP contribution in [0.3, 0.4) is 0 Å². The lowest BCUT2D eigenvalue weighted by atomic mass is 10.1. The molecule has 0 spiro atoms. The maximum atomic E-state index is 12.6. The van der Waals surface area contributed by atoms with E-state index >= 15 is 0 Å². The Morgan fingerprint density at radius 1 is 1.17 bits per heavy atom. The Labute approximate surface area is 139 Å². The molecule has 1 saturated carbocycles. The molecule has 2 fully saturated rings. The summed E-state index contributed by atoms with van der Waals surface area (Å²) >= 11 is 1.58. The predicted octanol–water partition coefficient (Wildman–Crippen LogP) is 2.64. The fourth-order valence-electron chi connectivity index (χ4n) is 3.41. The van der Waals surface area contributed by atoms with Gasteiger partial charge in [0.15, 0.2) is 0 Å². The van der Waals surface area contributed by atoms with Crippen molar-refractivity contribution in [2.24, 2.45) is 0 Å². The molecule has 1 aromatic heterocycles. The fourth-order valence-corrected chi connectivity index (χ4v) is 4.71. The van der Waals surface area contributed by atoms with Gasteiger partial charge in [0.05, 0.1) is 18.1 Å². The molecule has 1 aliphatic heterocycles. The maximum Gasteiger partial charge on any atom is 0.254 e. The number of anilines is 1. The molecule has 0 radical (unpaired) electrons. The Morgan fingerprint density at radius 2 is 2.04 bits per heavy atom. The molecule has 2 amide bonds. The molecule has 0 aromatic carbocycles. The minimum absolute atomic E-state index is 0.0145. The van der Waals surface area contributed by atoms with Gasteiger partial charge in [-0.2, -0.15) is 0 Å². The van der Waals surface area contributed by atoms with E-state index in [1.165, 1.54) is 4.88 Å². The van der Waals surface area contributed by atoms with E-state index in [2.05, 4.69) is 10.6 Å². The van der Waals surface area contributed by atoms with Gasteiger partial charge in [-0.3, -0.25) is 9.59 Å². The van der Waals surface area contributed by atoms with Gasteiger partial charge in [-0.05, 0) is 50.5 Å². The monoisotopic (exact) mass is 334 g/mol. The average molecular weight is 334 g/mol. The van der Waals surface area contributed by atoms with Crippen LogP contribution in [-0.2, 0) is 22.4 Å². The molecular weight excluding hydrogens is 312 g/mol. The number of hydrogen-bond acceptors (Lipinski definition) is 4. The summed E-state index contributed by atoms with van der Waals surface area (Å²) in [5.41, 5.74) is 1.87. The quantitative estimate of drug-likeness (QED) is 0.870. The first-order valence-electron chi connectivity index (χ1n) is 8.57. The topological polar surface area (TPSA) is 67.4 Å². The number of ether oxygens (including phenoxy) is 1. The Bertz CT molecular complexity index is 630. The van der Waals surface area contributed by atoms with Gasteiger partial charge in [0.25, 0.3) is 5.91 Å². The molecule has 1 aromatic rings. The molecule has 5 nitrogen and oxygen atoms in total. The molecule has 4 rings (SSSR count). The Morgan fingerprint density at radius 3 is 2.78 bits per heavy atom. The van der Waals surface area contributed by atoms with E-state index in [0.29, 0.717) is 12.5 Å².